The van der Waals surface area contributed by atoms with Gasteiger partial charge in [-0.3, -0.25) is 4.90 Å². The van der Waals surface area contributed by atoms with Gasteiger partial charge in [0.15, 0.2) is 0 Å². The standard InChI is InChI=1S/C14H21ClN2S/c1-10-4-6-16-13(11-2-3-11)8-17(10)9-14-12(15)5-7-18-14/h5,7,10-11,13,16H,2-4,6,8-9H2,1H3. The molecule has 4 heteroatoms. The van der Waals surface area contributed by atoms with E-state index in [0.717, 1.165) is 24.0 Å². The van der Waals surface area contributed by atoms with Gasteiger partial charge in [0, 0.05) is 30.1 Å². The maximum absolute atomic E-state index is 6.23. The zero-order valence-electron chi connectivity index (χ0n) is 10.9. The minimum atomic E-state index is 0.652. The lowest BCUT2D eigenvalue weighted by molar-refractivity contribution is 0.192. The molecule has 2 nitrogen and oxygen atoms in total. The van der Waals surface area contributed by atoms with Crippen LogP contribution in [0.3, 0.4) is 0 Å². The quantitative estimate of drug-likeness (QED) is 0.916. The summed E-state index contributed by atoms with van der Waals surface area (Å²) in [5.41, 5.74) is 0. The molecule has 0 bridgehead atoms. The molecule has 0 amide bonds. The van der Waals surface area contributed by atoms with Gasteiger partial charge in [-0.15, -0.1) is 11.3 Å². The zero-order chi connectivity index (χ0) is 12.5. The number of hydrogen-bond donors (Lipinski definition) is 1. The lowest BCUT2D eigenvalue weighted by atomic mass is 10.1. The Kier molecular flexibility index (Phi) is 3.94. The smallest absolute Gasteiger partial charge is 0.0558 e. The van der Waals surface area contributed by atoms with E-state index < -0.39 is 0 Å². The molecule has 2 fully saturated rings. The van der Waals surface area contributed by atoms with Crippen molar-refractivity contribution in [3.05, 3.63) is 21.3 Å². The van der Waals surface area contributed by atoms with Gasteiger partial charge in [-0.25, -0.2) is 0 Å². The van der Waals surface area contributed by atoms with E-state index in [1.54, 1.807) is 11.3 Å². The van der Waals surface area contributed by atoms with Gasteiger partial charge in [0.25, 0.3) is 0 Å². The number of hydrogen-bond acceptors (Lipinski definition) is 3. The Morgan fingerprint density at radius 1 is 1.44 bits per heavy atom. The van der Waals surface area contributed by atoms with Crippen molar-refractivity contribution < 1.29 is 0 Å². The van der Waals surface area contributed by atoms with Crippen LogP contribution >= 0.6 is 22.9 Å². The first-order chi connectivity index (χ1) is 8.74. The van der Waals surface area contributed by atoms with Gasteiger partial charge in [0.05, 0.1) is 5.02 Å². The lowest BCUT2D eigenvalue weighted by Crippen LogP contribution is -2.40. The number of nitrogens with one attached hydrogen (secondary N) is 1. The van der Waals surface area contributed by atoms with Gasteiger partial charge >= 0.3 is 0 Å². The van der Waals surface area contributed by atoms with Crippen LogP contribution in [0.4, 0.5) is 0 Å². The van der Waals surface area contributed by atoms with Crippen molar-refractivity contribution in [3.8, 4) is 0 Å². The first kappa shape index (κ1) is 12.9. The molecule has 1 aliphatic carbocycles. The number of nitrogens with zero attached hydrogens (tertiary/aromatic N) is 1. The molecule has 1 saturated heterocycles. The van der Waals surface area contributed by atoms with E-state index >= 15 is 0 Å². The first-order valence-corrected chi connectivity index (χ1v) is 8.19. The Labute approximate surface area is 118 Å². The van der Waals surface area contributed by atoms with Crippen molar-refractivity contribution in [1.29, 1.82) is 0 Å². The molecule has 100 valence electrons. The van der Waals surface area contributed by atoms with E-state index in [1.165, 1.54) is 30.7 Å². The lowest BCUT2D eigenvalue weighted by Gasteiger charge is -2.28. The molecule has 0 radical (unpaired) electrons. The van der Waals surface area contributed by atoms with E-state index in [0.29, 0.717) is 12.1 Å². The predicted molar refractivity (Wildman–Crippen MR) is 78.3 cm³/mol. The highest BCUT2D eigenvalue weighted by Gasteiger charge is 2.34. The average Bonchev–Trinajstić information content (AvgIpc) is 3.12. The molecule has 2 aliphatic rings. The summed E-state index contributed by atoms with van der Waals surface area (Å²) in [6, 6.07) is 3.37. The van der Waals surface area contributed by atoms with E-state index in [-0.39, 0.29) is 0 Å². The Hall–Kier alpha value is -0.0900. The SMILES string of the molecule is CC1CCNC(C2CC2)CN1Cc1sccc1Cl. The van der Waals surface area contributed by atoms with Crippen molar-refractivity contribution in [2.75, 3.05) is 13.1 Å². The van der Waals surface area contributed by atoms with Crippen LogP contribution < -0.4 is 5.32 Å². The zero-order valence-corrected chi connectivity index (χ0v) is 12.4. The monoisotopic (exact) mass is 284 g/mol. The third kappa shape index (κ3) is 2.90. The molecular weight excluding hydrogens is 264 g/mol. The summed E-state index contributed by atoms with van der Waals surface area (Å²) in [6.07, 6.45) is 4.07. The Morgan fingerprint density at radius 3 is 2.94 bits per heavy atom. The molecule has 1 aromatic heterocycles. The summed E-state index contributed by atoms with van der Waals surface area (Å²) in [6.45, 7) is 5.71. The molecule has 1 aromatic rings. The highest BCUT2D eigenvalue weighted by Crippen LogP contribution is 2.34. The Morgan fingerprint density at radius 2 is 2.28 bits per heavy atom. The molecule has 2 atom stereocenters. The van der Waals surface area contributed by atoms with Crippen LogP contribution in [0.2, 0.25) is 5.02 Å². The Balaban J connectivity index is 1.69. The second kappa shape index (κ2) is 5.49. The van der Waals surface area contributed by atoms with Gasteiger partial charge in [0.2, 0.25) is 0 Å². The summed E-state index contributed by atoms with van der Waals surface area (Å²) in [5.74, 6) is 0.927. The summed E-state index contributed by atoms with van der Waals surface area (Å²) < 4.78 is 0. The maximum atomic E-state index is 6.23. The van der Waals surface area contributed by atoms with Crippen LogP contribution in [0.25, 0.3) is 0 Å². The van der Waals surface area contributed by atoms with Gasteiger partial charge in [-0.05, 0) is 50.1 Å². The molecule has 0 aromatic carbocycles. The highest BCUT2D eigenvalue weighted by atomic mass is 35.5. The van der Waals surface area contributed by atoms with Gasteiger partial charge in [-0.1, -0.05) is 11.6 Å². The topological polar surface area (TPSA) is 15.3 Å². The van der Waals surface area contributed by atoms with Crippen LogP contribution in [0.1, 0.15) is 31.1 Å². The molecule has 3 rings (SSSR count). The van der Waals surface area contributed by atoms with Crippen LogP contribution in [0.15, 0.2) is 11.4 Å². The minimum absolute atomic E-state index is 0.652. The summed E-state index contributed by atoms with van der Waals surface area (Å²) in [7, 11) is 0. The minimum Gasteiger partial charge on any atom is -0.312 e. The average molecular weight is 285 g/mol. The van der Waals surface area contributed by atoms with Gasteiger partial charge in [0.1, 0.15) is 0 Å². The van der Waals surface area contributed by atoms with E-state index in [9.17, 15) is 0 Å². The largest absolute Gasteiger partial charge is 0.312 e. The summed E-state index contributed by atoms with van der Waals surface area (Å²) in [4.78, 5) is 3.93. The van der Waals surface area contributed by atoms with Crippen LogP contribution in [-0.4, -0.2) is 30.1 Å². The number of halogens is 1. The van der Waals surface area contributed by atoms with Gasteiger partial charge in [-0.2, -0.15) is 0 Å². The Bertz CT molecular complexity index is 402. The first-order valence-electron chi connectivity index (χ1n) is 6.93. The van der Waals surface area contributed by atoms with Crippen molar-refractivity contribution in [2.24, 2.45) is 5.92 Å². The molecule has 2 unspecified atom stereocenters. The van der Waals surface area contributed by atoms with Crippen molar-refractivity contribution in [1.82, 2.24) is 10.2 Å². The van der Waals surface area contributed by atoms with Crippen molar-refractivity contribution >= 4 is 22.9 Å². The third-order valence-corrected chi connectivity index (χ3v) is 5.62. The van der Waals surface area contributed by atoms with Crippen LogP contribution in [0, 0.1) is 5.92 Å². The van der Waals surface area contributed by atoms with Gasteiger partial charge < -0.3 is 5.32 Å². The second-order valence-electron chi connectivity index (χ2n) is 5.66. The van der Waals surface area contributed by atoms with E-state index in [2.05, 4.69) is 22.5 Å². The fourth-order valence-electron chi connectivity index (χ4n) is 2.81. The molecule has 1 aliphatic heterocycles. The molecule has 1 N–H and O–H groups in total. The summed E-state index contributed by atoms with van der Waals surface area (Å²) >= 11 is 8.01. The number of rotatable bonds is 3. The second-order valence-corrected chi connectivity index (χ2v) is 7.06. The van der Waals surface area contributed by atoms with Crippen molar-refractivity contribution in [3.63, 3.8) is 0 Å². The molecule has 18 heavy (non-hydrogen) atoms. The predicted octanol–water partition coefficient (Wildman–Crippen LogP) is 3.36. The van der Waals surface area contributed by atoms with E-state index in [1.807, 2.05) is 6.07 Å². The maximum Gasteiger partial charge on any atom is 0.0558 e. The van der Waals surface area contributed by atoms with Crippen molar-refractivity contribution in [2.45, 2.75) is 44.8 Å². The fourth-order valence-corrected chi connectivity index (χ4v) is 3.93. The third-order valence-electron chi connectivity index (χ3n) is 4.25. The molecule has 0 spiro atoms. The normalized spacial score (nSPS) is 30.3. The molecule has 1 saturated carbocycles. The fraction of sp³-hybridized carbons (Fsp3) is 0.714. The molecular formula is C14H21ClN2S. The van der Waals surface area contributed by atoms with Crippen LogP contribution in [-0.2, 0) is 6.54 Å². The van der Waals surface area contributed by atoms with Crippen LogP contribution in [0.5, 0.6) is 0 Å². The van der Waals surface area contributed by atoms with E-state index in [4.69, 9.17) is 11.6 Å². The molecule has 2 heterocycles. The number of thiophene rings is 1. The summed E-state index contributed by atoms with van der Waals surface area (Å²) in [5, 5.41) is 6.76. The highest BCUT2D eigenvalue weighted by molar-refractivity contribution is 7.10.